The number of halogens is 1. The number of rotatable bonds is 6. The van der Waals surface area contributed by atoms with E-state index in [0.29, 0.717) is 5.56 Å². The summed E-state index contributed by atoms with van der Waals surface area (Å²) in [5.41, 5.74) is 1.22. The average molecular weight is 408 g/mol. The van der Waals surface area contributed by atoms with Gasteiger partial charge in [0, 0.05) is 24.8 Å². The number of hydrogen-bond donors (Lipinski definition) is 1. The van der Waals surface area contributed by atoms with Crippen LogP contribution < -0.4 is 5.32 Å². The summed E-state index contributed by atoms with van der Waals surface area (Å²) in [6, 6.07) is 11.5. The molecule has 2 aromatic rings. The summed E-state index contributed by atoms with van der Waals surface area (Å²) >= 11 is 0. The Kier molecular flexibility index (Phi) is 6.90. The minimum absolute atomic E-state index is 0.184. The first-order valence-corrected chi connectivity index (χ1v) is 11.0. The van der Waals surface area contributed by atoms with Crippen molar-refractivity contribution >= 4 is 5.91 Å². The maximum Gasteiger partial charge on any atom is 0.251 e. The fraction of sp³-hybridized carbons (Fsp3) is 0.440. The molecule has 0 bridgehead atoms. The minimum Gasteiger partial charge on any atom is -0.343 e. The second-order valence-corrected chi connectivity index (χ2v) is 8.53. The monoisotopic (exact) mass is 407 g/mol. The van der Waals surface area contributed by atoms with E-state index >= 15 is 0 Å². The lowest BCUT2D eigenvalue weighted by Gasteiger charge is -2.38. The van der Waals surface area contributed by atoms with E-state index < -0.39 is 5.82 Å². The molecule has 5 heteroatoms. The normalized spacial score (nSPS) is 23.1. The highest BCUT2D eigenvalue weighted by Crippen LogP contribution is 2.31. The largest absolute Gasteiger partial charge is 0.343 e. The van der Waals surface area contributed by atoms with Crippen LogP contribution in [0.1, 0.15) is 54.2 Å². The summed E-state index contributed by atoms with van der Waals surface area (Å²) in [5.74, 6) is 0.358. The van der Waals surface area contributed by atoms with Crippen molar-refractivity contribution in [1.82, 2.24) is 15.2 Å². The molecule has 2 heterocycles. The molecular formula is C25H30FN3O. The van der Waals surface area contributed by atoms with Gasteiger partial charge in [-0.2, -0.15) is 0 Å². The predicted octanol–water partition coefficient (Wildman–Crippen LogP) is 4.76. The van der Waals surface area contributed by atoms with Crippen LogP contribution in [0.15, 0.2) is 60.8 Å². The number of hydrogen-bond acceptors (Lipinski definition) is 3. The fourth-order valence-corrected chi connectivity index (χ4v) is 4.76. The molecule has 158 valence electrons. The molecule has 30 heavy (non-hydrogen) atoms. The van der Waals surface area contributed by atoms with Crippen LogP contribution in [0.2, 0.25) is 0 Å². The number of piperidine rings is 1. The first kappa shape index (κ1) is 20.7. The molecule has 1 aromatic heterocycles. The van der Waals surface area contributed by atoms with E-state index in [1.165, 1.54) is 31.4 Å². The van der Waals surface area contributed by atoms with E-state index in [4.69, 9.17) is 0 Å². The molecule has 1 fully saturated rings. The SMILES string of the molecule is O=C(N[C@H](c1ccccn1)[C@@H]1CCCN(C[C@@H]2CC=CCC2)C1)c1cccc(F)c1. The van der Waals surface area contributed by atoms with Crippen molar-refractivity contribution in [1.29, 1.82) is 0 Å². The van der Waals surface area contributed by atoms with Gasteiger partial charge in [0.15, 0.2) is 0 Å². The number of carbonyl (C=O) groups excluding carboxylic acids is 1. The Morgan fingerprint density at radius 3 is 2.90 bits per heavy atom. The molecule has 0 radical (unpaired) electrons. The molecule has 3 atom stereocenters. The summed E-state index contributed by atoms with van der Waals surface area (Å²) in [4.78, 5) is 20.0. The number of aromatic nitrogens is 1. The topological polar surface area (TPSA) is 45.2 Å². The first-order chi connectivity index (χ1) is 14.7. The molecular weight excluding hydrogens is 377 g/mol. The molecule has 0 saturated carbocycles. The van der Waals surface area contributed by atoms with E-state index in [2.05, 4.69) is 27.4 Å². The van der Waals surface area contributed by atoms with Gasteiger partial charge in [0.2, 0.25) is 0 Å². The third-order valence-electron chi connectivity index (χ3n) is 6.29. The van der Waals surface area contributed by atoms with Gasteiger partial charge in [-0.05, 0) is 80.8 Å². The third kappa shape index (κ3) is 5.33. The Morgan fingerprint density at radius 2 is 2.13 bits per heavy atom. The van der Waals surface area contributed by atoms with Gasteiger partial charge in [-0.1, -0.05) is 24.3 Å². The van der Waals surface area contributed by atoms with Crippen LogP contribution in [-0.2, 0) is 0 Å². The van der Waals surface area contributed by atoms with Crippen LogP contribution in [0.25, 0.3) is 0 Å². The molecule has 1 saturated heterocycles. The number of nitrogens with one attached hydrogen (secondary N) is 1. The fourth-order valence-electron chi connectivity index (χ4n) is 4.76. The van der Waals surface area contributed by atoms with Crippen molar-refractivity contribution in [2.45, 2.75) is 38.1 Å². The molecule has 4 nitrogen and oxygen atoms in total. The number of amides is 1. The van der Waals surface area contributed by atoms with Crippen LogP contribution in [-0.4, -0.2) is 35.4 Å². The van der Waals surface area contributed by atoms with Crippen molar-refractivity contribution in [3.8, 4) is 0 Å². The molecule has 4 rings (SSSR count). The number of carbonyl (C=O) groups is 1. The Labute approximate surface area is 178 Å². The molecule has 0 spiro atoms. The maximum absolute atomic E-state index is 13.6. The lowest BCUT2D eigenvalue weighted by molar-refractivity contribution is 0.0863. The lowest BCUT2D eigenvalue weighted by Crippen LogP contribution is -2.44. The van der Waals surface area contributed by atoms with Crippen LogP contribution >= 0.6 is 0 Å². The number of allylic oxidation sites excluding steroid dienone is 2. The van der Waals surface area contributed by atoms with Crippen molar-refractivity contribution in [3.63, 3.8) is 0 Å². The standard InChI is InChI=1S/C25H30FN3O/c26-22-12-6-10-20(16-22)25(30)28-24(23-13-4-5-14-27-23)21-11-7-15-29(18-21)17-19-8-2-1-3-9-19/h1-2,4-6,10,12-14,16,19,21,24H,3,7-9,11,15,17-18H2,(H,28,30)/t19-,21-,24+/m1/s1. The van der Waals surface area contributed by atoms with Crippen molar-refractivity contribution in [3.05, 3.63) is 77.9 Å². The summed E-state index contributed by atoms with van der Waals surface area (Å²) in [5, 5.41) is 3.16. The molecule has 1 N–H and O–H groups in total. The summed E-state index contributed by atoms with van der Waals surface area (Å²) in [6.07, 6.45) is 12.1. The van der Waals surface area contributed by atoms with E-state index in [1.807, 2.05) is 18.2 Å². The van der Waals surface area contributed by atoms with Crippen LogP contribution in [0.5, 0.6) is 0 Å². The van der Waals surface area contributed by atoms with E-state index in [-0.39, 0.29) is 17.9 Å². The summed E-state index contributed by atoms with van der Waals surface area (Å²) in [7, 11) is 0. The van der Waals surface area contributed by atoms with Gasteiger partial charge >= 0.3 is 0 Å². The highest BCUT2D eigenvalue weighted by molar-refractivity contribution is 5.94. The number of likely N-dealkylation sites (tertiary alicyclic amines) is 1. The first-order valence-electron chi connectivity index (χ1n) is 11.0. The van der Waals surface area contributed by atoms with Crippen LogP contribution in [0, 0.1) is 17.7 Å². The molecule has 1 aliphatic carbocycles. The minimum atomic E-state index is -0.401. The smallest absolute Gasteiger partial charge is 0.251 e. The van der Waals surface area contributed by atoms with Gasteiger partial charge < -0.3 is 10.2 Å². The Morgan fingerprint density at radius 1 is 1.20 bits per heavy atom. The molecule has 2 aliphatic rings. The maximum atomic E-state index is 13.6. The Balaban J connectivity index is 1.49. The number of benzene rings is 1. The van der Waals surface area contributed by atoms with Gasteiger partial charge in [-0.25, -0.2) is 4.39 Å². The number of nitrogens with zero attached hydrogens (tertiary/aromatic N) is 2. The quantitative estimate of drug-likeness (QED) is 0.702. The summed E-state index contributed by atoms with van der Waals surface area (Å²) < 4.78 is 13.6. The summed E-state index contributed by atoms with van der Waals surface area (Å²) in [6.45, 7) is 3.18. The van der Waals surface area contributed by atoms with Gasteiger partial charge in [0.05, 0.1) is 11.7 Å². The van der Waals surface area contributed by atoms with Gasteiger partial charge in [-0.15, -0.1) is 0 Å². The predicted molar refractivity (Wildman–Crippen MR) is 116 cm³/mol. The zero-order chi connectivity index (χ0) is 20.8. The number of pyridine rings is 1. The highest BCUT2D eigenvalue weighted by Gasteiger charge is 2.31. The molecule has 1 aliphatic heterocycles. The Hall–Kier alpha value is -2.53. The van der Waals surface area contributed by atoms with Crippen molar-refractivity contribution < 1.29 is 9.18 Å². The van der Waals surface area contributed by atoms with Crippen molar-refractivity contribution in [2.24, 2.45) is 11.8 Å². The van der Waals surface area contributed by atoms with Gasteiger partial charge in [-0.3, -0.25) is 9.78 Å². The van der Waals surface area contributed by atoms with Crippen LogP contribution in [0.3, 0.4) is 0 Å². The van der Waals surface area contributed by atoms with E-state index in [1.54, 1.807) is 18.3 Å². The van der Waals surface area contributed by atoms with E-state index in [9.17, 15) is 9.18 Å². The Bertz CT molecular complexity index is 870. The van der Waals surface area contributed by atoms with Gasteiger partial charge in [0.25, 0.3) is 5.91 Å². The van der Waals surface area contributed by atoms with Gasteiger partial charge in [0.1, 0.15) is 5.82 Å². The second kappa shape index (κ2) is 9.98. The second-order valence-electron chi connectivity index (χ2n) is 8.53. The molecule has 1 aromatic carbocycles. The molecule has 0 unspecified atom stereocenters. The van der Waals surface area contributed by atoms with Crippen molar-refractivity contribution in [2.75, 3.05) is 19.6 Å². The zero-order valence-electron chi connectivity index (χ0n) is 17.3. The highest BCUT2D eigenvalue weighted by atomic mass is 19.1. The third-order valence-corrected chi connectivity index (χ3v) is 6.29. The lowest BCUT2D eigenvalue weighted by atomic mass is 9.86. The zero-order valence-corrected chi connectivity index (χ0v) is 17.3. The van der Waals surface area contributed by atoms with E-state index in [0.717, 1.165) is 44.1 Å². The average Bonchev–Trinajstić information content (AvgIpc) is 2.79. The molecule has 1 amide bonds. The van der Waals surface area contributed by atoms with Crippen LogP contribution in [0.4, 0.5) is 4.39 Å².